The van der Waals surface area contributed by atoms with E-state index in [1.54, 1.807) is 0 Å². The van der Waals surface area contributed by atoms with Crippen LogP contribution in [0.3, 0.4) is 0 Å². The van der Waals surface area contributed by atoms with Gasteiger partial charge in [0, 0.05) is 111 Å². The molecule has 25 aromatic carbocycles. The van der Waals surface area contributed by atoms with Gasteiger partial charge in [0.05, 0.1) is 38.8 Å². The summed E-state index contributed by atoms with van der Waals surface area (Å²) in [4.78, 5) is 7.13. The van der Waals surface area contributed by atoms with Crippen LogP contribution in [0.4, 0.5) is 51.2 Å². The van der Waals surface area contributed by atoms with E-state index in [1.807, 2.05) is 0 Å². The van der Waals surface area contributed by atoms with E-state index in [0.717, 1.165) is 68.2 Å². The minimum Gasteiger partial charge on any atom is -0.310 e. The number of fused-ring (bicyclic) bond motifs is 18. The lowest BCUT2D eigenvalue weighted by atomic mass is 10.00. The summed E-state index contributed by atoms with van der Waals surface area (Å²) in [5.41, 5.74) is 30.5. The Labute approximate surface area is 835 Å². The molecule has 28 rings (SSSR count). The zero-order chi connectivity index (χ0) is 95.3. The van der Waals surface area contributed by atoms with Crippen LogP contribution < -0.4 is 14.7 Å². The molecular formula is C138H94N6. The molecule has 0 N–H and O–H groups in total. The van der Waals surface area contributed by atoms with Gasteiger partial charge in [-0.15, -0.1) is 0 Å². The molecule has 0 unspecified atom stereocenters. The second kappa shape index (κ2) is 37.0. The van der Waals surface area contributed by atoms with E-state index in [9.17, 15) is 0 Å². The van der Waals surface area contributed by atoms with Crippen molar-refractivity contribution in [1.29, 1.82) is 0 Å². The molecule has 0 aliphatic heterocycles. The van der Waals surface area contributed by atoms with Crippen LogP contribution in [0.25, 0.3) is 192 Å². The average Bonchev–Trinajstić information content (AvgIpc) is 1.56. The van der Waals surface area contributed by atoms with Crippen molar-refractivity contribution >= 4 is 181 Å². The van der Waals surface area contributed by atoms with Gasteiger partial charge in [-0.25, -0.2) is 0 Å². The lowest BCUT2D eigenvalue weighted by molar-refractivity contribution is 1.18. The zero-order valence-corrected chi connectivity index (χ0v) is 79.0. The number of hydrogen-bond donors (Lipinski definition) is 0. The Morgan fingerprint density at radius 3 is 0.833 bits per heavy atom. The SMILES string of the molecule is c1ccc(-c2ccc(N(c3ccc(-c4ccc5ccccc5c4)cc3)c3ccc4c(ccc5c6ccccc6n(-c6ccccc6)c45)c3)cc2)cc1.c1ccc(N(c2ccc(-c3ccc4ccccc4c3)cc2)c2ccc3ccc4c5ccccc5n(-c5ccccc5)c4c3c2)cc1.c1ccc(N(c2ccc(-c3ccc4ccccc4c3)cc2)c2cccc3ccc4c5ccccc5n(-c5ccccc5)c4c23)cc1. The molecule has 0 amide bonds. The number of rotatable bonds is 16. The van der Waals surface area contributed by atoms with E-state index in [0.29, 0.717) is 0 Å². The van der Waals surface area contributed by atoms with Crippen molar-refractivity contribution in [3.05, 3.63) is 570 Å². The third-order valence-corrected chi connectivity index (χ3v) is 28.6. The van der Waals surface area contributed by atoms with Gasteiger partial charge in [0.2, 0.25) is 0 Å². The topological polar surface area (TPSA) is 24.5 Å². The first kappa shape index (κ1) is 85.3. The Balaban J connectivity index is 0.000000110. The highest BCUT2D eigenvalue weighted by atomic mass is 15.2. The molecular weight excluding hydrogens is 1740 g/mol. The van der Waals surface area contributed by atoms with Crippen LogP contribution in [0, 0.1) is 0 Å². The van der Waals surface area contributed by atoms with E-state index >= 15 is 0 Å². The Hall–Kier alpha value is -19.1. The van der Waals surface area contributed by atoms with Crippen molar-refractivity contribution in [2.24, 2.45) is 0 Å². The molecule has 3 aromatic heterocycles. The molecule has 144 heavy (non-hydrogen) atoms. The first-order valence-corrected chi connectivity index (χ1v) is 49.4. The molecule has 0 bridgehead atoms. The Morgan fingerprint density at radius 2 is 0.396 bits per heavy atom. The standard InChI is InChI=1S/C50H34N2.2C44H30N2/c1-3-11-35(12-4-1)37-21-26-43(27-22-37)51(44-28-23-38(24-29-44)40-20-19-36-13-7-8-14-39(36)33-40)45-30-32-46-41(34-45)25-31-48-47-17-9-10-18-49(47)52(50(46)48)42-15-5-2-6-16-42;1-3-15-36(16-4-1)45(38-27-24-32(25-28-38)35-23-22-31-12-7-8-13-34(31)30-35)42-21-11-14-33-26-29-40-39-19-9-10-20-41(39)46(44(40)43(33)42)37-17-5-2-6-18-37;1-3-13-36(14-4-1)45(38-25-21-32(22-26-38)35-20-19-31-11-7-8-12-34(31)29-35)39-27-23-33-24-28-41-40-17-9-10-18-43(40)46(44(41)42(33)30-39)37-15-5-2-6-16-37/h1-34H;2*1-30H. The summed E-state index contributed by atoms with van der Waals surface area (Å²) in [6.45, 7) is 0. The fraction of sp³-hybridized carbons (Fsp3) is 0. The van der Waals surface area contributed by atoms with Gasteiger partial charge < -0.3 is 28.4 Å². The predicted octanol–water partition coefficient (Wildman–Crippen LogP) is 38.3. The molecule has 0 saturated carbocycles. The maximum absolute atomic E-state index is 2.43. The largest absolute Gasteiger partial charge is 0.310 e. The smallest absolute Gasteiger partial charge is 0.0640 e. The highest BCUT2D eigenvalue weighted by Crippen LogP contribution is 2.49. The van der Waals surface area contributed by atoms with Gasteiger partial charge in [-0.1, -0.05) is 394 Å². The summed E-state index contributed by atoms with van der Waals surface area (Å²) in [6.07, 6.45) is 0. The van der Waals surface area contributed by atoms with Crippen molar-refractivity contribution < 1.29 is 0 Å². The van der Waals surface area contributed by atoms with Crippen LogP contribution in [0.5, 0.6) is 0 Å². The molecule has 0 atom stereocenters. The fourth-order valence-corrected chi connectivity index (χ4v) is 21.8. The number of para-hydroxylation sites is 8. The molecule has 28 aromatic rings. The van der Waals surface area contributed by atoms with Gasteiger partial charge in [-0.2, -0.15) is 0 Å². The van der Waals surface area contributed by atoms with Crippen molar-refractivity contribution in [2.75, 3.05) is 14.7 Å². The van der Waals surface area contributed by atoms with E-state index in [1.165, 1.54) is 175 Å². The monoisotopic (exact) mass is 1830 g/mol. The summed E-state index contributed by atoms with van der Waals surface area (Å²) in [6, 6.07) is 206. The Morgan fingerprint density at radius 1 is 0.125 bits per heavy atom. The number of hydrogen-bond acceptors (Lipinski definition) is 3. The third kappa shape index (κ3) is 15.7. The maximum Gasteiger partial charge on any atom is 0.0640 e. The van der Waals surface area contributed by atoms with Crippen molar-refractivity contribution in [2.45, 2.75) is 0 Å². The van der Waals surface area contributed by atoms with Crippen LogP contribution in [0.1, 0.15) is 0 Å². The van der Waals surface area contributed by atoms with Crippen LogP contribution >= 0.6 is 0 Å². The van der Waals surface area contributed by atoms with Gasteiger partial charge in [0.25, 0.3) is 0 Å². The molecule has 6 nitrogen and oxygen atoms in total. The molecule has 0 fully saturated rings. The number of aromatic nitrogens is 3. The first-order valence-electron chi connectivity index (χ1n) is 49.4. The highest BCUT2D eigenvalue weighted by molar-refractivity contribution is 6.24. The molecule has 3 heterocycles. The van der Waals surface area contributed by atoms with Crippen molar-refractivity contribution in [3.8, 4) is 61.6 Å². The molecule has 676 valence electrons. The minimum atomic E-state index is 1.11. The normalized spacial score (nSPS) is 11.5. The molecule has 0 aliphatic carbocycles. The van der Waals surface area contributed by atoms with Gasteiger partial charge in [-0.3, -0.25) is 0 Å². The molecule has 0 aliphatic rings. The first-order chi connectivity index (χ1) is 71.4. The van der Waals surface area contributed by atoms with Gasteiger partial charge in [0.15, 0.2) is 0 Å². The third-order valence-electron chi connectivity index (χ3n) is 28.6. The van der Waals surface area contributed by atoms with E-state index in [2.05, 4.69) is 599 Å². The summed E-state index contributed by atoms with van der Waals surface area (Å²) in [7, 11) is 0. The fourth-order valence-electron chi connectivity index (χ4n) is 21.8. The van der Waals surface area contributed by atoms with Crippen LogP contribution in [-0.4, -0.2) is 13.7 Å². The predicted molar refractivity (Wildman–Crippen MR) is 613 cm³/mol. The van der Waals surface area contributed by atoms with Crippen LogP contribution in [0.15, 0.2) is 570 Å². The summed E-state index contributed by atoms with van der Waals surface area (Å²) in [5.74, 6) is 0. The minimum absolute atomic E-state index is 1.11. The average molecular weight is 1840 g/mol. The number of anilines is 9. The molecule has 0 spiro atoms. The van der Waals surface area contributed by atoms with Gasteiger partial charge >= 0.3 is 0 Å². The maximum atomic E-state index is 2.43. The lowest BCUT2D eigenvalue weighted by Gasteiger charge is -2.27. The number of benzene rings is 25. The second-order valence-electron chi connectivity index (χ2n) is 37.1. The van der Waals surface area contributed by atoms with E-state index in [4.69, 9.17) is 0 Å². The number of nitrogens with zero attached hydrogens (tertiary/aromatic N) is 6. The molecule has 6 heteroatoms. The Bertz CT molecular complexity index is 9660. The highest BCUT2D eigenvalue weighted by Gasteiger charge is 2.26. The Kier molecular flexibility index (Phi) is 21.9. The molecule has 0 saturated heterocycles. The second-order valence-corrected chi connectivity index (χ2v) is 37.1. The van der Waals surface area contributed by atoms with E-state index in [-0.39, 0.29) is 0 Å². The molecule has 0 radical (unpaired) electrons. The quantitative estimate of drug-likeness (QED) is 0.0964. The van der Waals surface area contributed by atoms with E-state index < -0.39 is 0 Å². The summed E-state index contributed by atoms with van der Waals surface area (Å²) in [5, 5.41) is 22.4. The van der Waals surface area contributed by atoms with Crippen molar-refractivity contribution in [1.82, 2.24) is 13.7 Å². The summed E-state index contributed by atoms with van der Waals surface area (Å²) < 4.78 is 7.27. The zero-order valence-electron chi connectivity index (χ0n) is 79.0. The summed E-state index contributed by atoms with van der Waals surface area (Å²) >= 11 is 0. The van der Waals surface area contributed by atoms with Crippen LogP contribution in [0.2, 0.25) is 0 Å². The van der Waals surface area contributed by atoms with Crippen LogP contribution in [-0.2, 0) is 0 Å². The van der Waals surface area contributed by atoms with Gasteiger partial charge in [0.1, 0.15) is 0 Å². The van der Waals surface area contributed by atoms with Gasteiger partial charge in [-0.05, 0) is 269 Å². The lowest BCUT2D eigenvalue weighted by Crippen LogP contribution is -2.10. The van der Waals surface area contributed by atoms with Crippen molar-refractivity contribution in [3.63, 3.8) is 0 Å².